The van der Waals surface area contributed by atoms with Gasteiger partial charge in [-0.15, -0.1) is 6.42 Å². The van der Waals surface area contributed by atoms with Gasteiger partial charge in [-0.1, -0.05) is 18.1 Å². The van der Waals surface area contributed by atoms with Crippen molar-refractivity contribution in [1.29, 1.82) is 0 Å². The van der Waals surface area contributed by atoms with Crippen LogP contribution in [0.1, 0.15) is 10.4 Å². The molecule has 0 aliphatic carbocycles. The molecule has 0 bridgehead atoms. The standard InChI is InChI=1S/C14H9N3O3/c1-2-7-20-14(19)10-8-15-17-11-6-4-3-5-9(11)13(18)16-12(10)17/h1,3-6,8H,7H2,(H,16,18). The van der Waals surface area contributed by atoms with Gasteiger partial charge in [0, 0.05) is 0 Å². The van der Waals surface area contributed by atoms with Crippen LogP contribution in [0.3, 0.4) is 0 Å². The number of aromatic amines is 1. The molecule has 0 saturated carbocycles. The molecule has 0 amide bonds. The minimum Gasteiger partial charge on any atom is -0.449 e. The molecule has 6 nitrogen and oxygen atoms in total. The smallest absolute Gasteiger partial charge is 0.344 e. The summed E-state index contributed by atoms with van der Waals surface area (Å²) in [5, 5.41) is 4.60. The molecular formula is C14H9N3O3. The summed E-state index contributed by atoms with van der Waals surface area (Å²) in [7, 11) is 0. The number of H-pyrrole nitrogens is 1. The van der Waals surface area contributed by atoms with Crippen LogP contribution in [0.5, 0.6) is 0 Å². The van der Waals surface area contributed by atoms with Crippen LogP contribution in [0.25, 0.3) is 16.6 Å². The minimum atomic E-state index is -0.621. The van der Waals surface area contributed by atoms with E-state index in [2.05, 4.69) is 16.0 Å². The maximum absolute atomic E-state index is 12.0. The monoisotopic (exact) mass is 267 g/mol. The number of hydrogen-bond acceptors (Lipinski definition) is 4. The molecule has 0 spiro atoms. The van der Waals surface area contributed by atoms with Crippen molar-refractivity contribution in [2.24, 2.45) is 0 Å². The Morgan fingerprint density at radius 1 is 1.45 bits per heavy atom. The fraction of sp³-hybridized carbons (Fsp3) is 0.0714. The van der Waals surface area contributed by atoms with Gasteiger partial charge in [0.05, 0.1) is 17.1 Å². The van der Waals surface area contributed by atoms with Crippen LogP contribution in [0.2, 0.25) is 0 Å². The number of para-hydroxylation sites is 1. The van der Waals surface area contributed by atoms with E-state index in [1.807, 2.05) is 0 Å². The molecule has 1 aromatic carbocycles. The van der Waals surface area contributed by atoms with Crippen LogP contribution in [0.15, 0.2) is 35.3 Å². The molecule has 2 aromatic heterocycles. The molecule has 0 unspecified atom stereocenters. The fourth-order valence-corrected chi connectivity index (χ4v) is 2.01. The summed E-state index contributed by atoms with van der Waals surface area (Å²) in [5.41, 5.74) is 0.778. The molecular weight excluding hydrogens is 258 g/mol. The number of fused-ring (bicyclic) bond motifs is 3. The summed E-state index contributed by atoms with van der Waals surface area (Å²) in [5.74, 6) is 1.59. The van der Waals surface area contributed by atoms with Gasteiger partial charge in [0.1, 0.15) is 5.56 Å². The van der Waals surface area contributed by atoms with E-state index in [0.29, 0.717) is 10.9 Å². The molecule has 98 valence electrons. The Labute approximate surface area is 113 Å². The number of benzene rings is 1. The third kappa shape index (κ3) is 1.73. The first kappa shape index (κ1) is 12.0. The molecule has 3 aromatic rings. The molecule has 1 N–H and O–H groups in total. The summed E-state index contributed by atoms with van der Waals surface area (Å²) < 4.78 is 6.33. The second kappa shape index (κ2) is 4.55. The number of esters is 1. The zero-order chi connectivity index (χ0) is 14.1. The lowest BCUT2D eigenvalue weighted by atomic mass is 10.2. The van der Waals surface area contributed by atoms with Crippen molar-refractivity contribution in [3.8, 4) is 12.3 Å². The largest absolute Gasteiger partial charge is 0.449 e. The highest BCUT2D eigenvalue weighted by molar-refractivity contribution is 5.97. The lowest BCUT2D eigenvalue weighted by Crippen LogP contribution is -2.12. The number of terminal acetylenes is 1. The highest BCUT2D eigenvalue weighted by atomic mass is 16.5. The Bertz CT molecular complexity index is 915. The molecule has 0 aliphatic rings. The third-order valence-corrected chi connectivity index (χ3v) is 2.88. The van der Waals surface area contributed by atoms with Crippen molar-refractivity contribution in [1.82, 2.24) is 14.6 Å². The highest BCUT2D eigenvalue weighted by Gasteiger charge is 2.16. The molecule has 3 rings (SSSR count). The second-order valence-corrected chi connectivity index (χ2v) is 4.07. The van der Waals surface area contributed by atoms with Crippen LogP contribution in [-0.2, 0) is 4.74 Å². The number of ether oxygens (including phenoxy) is 1. The Morgan fingerprint density at radius 2 is 2.25 bits per heavy atom. The first-order chi connectivity index (χ1) is 9.72. The first-order valence-electron chi connectivity index (χ1n) is 5.81. The van der Waals surface area contributed by atoms with E-state index in [1.165, 1.54) is 10.7 Å². The van der Waals surface area contributed by atoms with E-state index in [-0.39, 0.29) is 23.4 Å². The summed E-state index contributed by atoms with van der Waals surface area (Å²) in [6, 6.07) is 6.99. The van der Waals surface area contributed by atoms with E-state index < -0.39 is 5.97 Å². The van der Waals surface area contributed by atoms with Gasteiger partial charge in [-0.3, -0.25) is 4.79 Å². The summed E-state index contributed by atoms with van der Waals surface area (Å²) in [4.78, 5) is 26.5. The van der Waals surface area contributed by atoms with E-state index in [9.17, 15) is 9.59 Å². The predicted octanol–water partition coefficient (Wildman–Crippen LogP) is 0.966. The molecule has 0 saturated heterocycles. The molecule has 0 atom stereocenters. The minimum absolute atomic E-state index is 0.131. The van der Waals surface area contributed by atoms with Crippen LogP contribution in [-0.4, -0.2) is 27.2 Å². The molecule has 2 heterocycles. The van der Waals surface area contributed by atoms with Crippen molar-refractivity contribution in [3.05, 3.63) is 46.4 Å². The molecule has 20 heavy (non-hydrogen) atoms. The number of hydrogen-bond donors (Lipinski definition) is 1. The quantitative estimate of drug-likeness (QED) is 0.554. The number of carbonyl (C=O) groups excluding carboxylic acids is 1. The van der Waals surface area contributed by atoms with Crippen LogP contribution in [0, 0.1) is 12.3 Å². The molecule has 6 heteroatoms. The Balaban J connectivity index is 2.26. The normalized spacial score (nSPS) is 10.6. The van der Waals surface area contributed by atoms with Gasteiger partial charge in [0.25, 0.3) is 5.56 Å². The van der Waals surface area contributed by atoms with Crippen molar-refractivity contribution in [3.63, 3.8) is 0 Å². The lowest BCUT2D eigenvalue weighted by molar-refractivity contribution is 0.0559. The summed E-state index contributed by atoms with van der Waals surface area (Å²) >= 11 is 0. The van der Waals surface area contributed by atoms with Gasteiger partial charge in [0.15, 0.2) is 12.3 Å². The first-order valence-corrected chi connectivity index (χ1v) is 5.81. The Morgan fingerprint density at radius 3 is 3.05 bits per heavy atom. The number of nitrogens with one attached hydrogen (secondary N) is 1. The van der Waals surface area contributed by atoms with Gasteiger partial charge in [0.2, 0.25) is 0 Å². The number of rotatable bonds is 2. The molecule has 0 fully saturated rings. The zero-order valence-corrected chi connectivity index (χ0v) is 10.3. The summed E-state index contributed by atoms with van der Waals surface area (Å²) in [6.45, 7) is -0.131. The van der Waals surface area contributed by atoms with Crippen LogP contribution in [0.4, 0.5) is 0 Å². The maximum atomic E-state index is 12.0. The van der Waals surface area contributed by atoms with E-state index in [4.69, 9.17) is 11.2 Å². The number of nitrogens with zero attached hydrogens (tertiary/aromatic N) is 2. The average molecular weight is 267 g/mol. The number of carbonyl (C=O) groups is 1. The third-order valence-electron chi connectivity index (χ3n) is 2.88. The predicted molar refractivity (Wildman–Crippen MR) is 72.4 cm³/mol. The van der Waals surface area contributed by atoms with Gasteiger partial charge in [-0.25, -0.2) is 9.31 Å². The van der Waals surface area contributed by atoms with Crippen molar-refractivity contribution in [2.45, 2.75) is 0 Å². The van der Waals surface area contributed by atoms with Crippen LogP contribution >= 0.6 is 0 Å². The van der Waals surface area contributed by atoms with E-state index in [0.717, 1.165) is 0 Å². The topological polar surface area (TPSA) is 76.5 Å². The van der Waals surface area contributed by atoms with Gasteiger partial charge < -0.3 is 9.72 Å². The highest BCUT2D eigenvalue weighted by Crippen LogP contribution is 2.14. The van der Waals surface area contributed by atoms with E-state index >= 15 is 0 Å². The van der Waals surface area contributed by atoms with Crippen molar-refractivity contribution in [2.75, 3.05) is 6.61 Å². The van der Waals surface area contributed by atoms with Gasteiger partial charge in [-0.2, -0.15) is 5.10 Å². The lowest BCUT2D eigenvalue weighted by Gasteiger charge is -2.02. The van der Waals surface area contributed by atoms with Crippen molar-refractivity contribution >= 4 is 22.5 Å². The van der Waals surface area contributed by atoms with Crippen LogP contribution < -0.4 is 5.56 Å². The van der Waals surface area contributed by atoms with E-state index in [1.54, 1.807) is 24.3 Å². The number of aromatic nitrogens is 3. The second-order valence-electron chi connectivity index (χ2n) is 4.07. The Kier molecular flexibility index (Phi) is 2.73. The molecule has 0 radical (unpaired) electrons. The molecule has 0 aliphatic heterocycles. The SMILES string of the molecule is C#CCOC(=O)c1cnn2c1[nH]c(=O)c1ccccc12. The summed E-state index contributed by atoms with van der Waals surface area (Å²) in [6.07, 6.45) is 6.38. The average Bonchev–Trinajstić information content (AvgIpc) is 2.89. The zero-order valence-electron chi connectivity index (χ0n) is 10.3. The fourth-order valence-electron chi connectivity index (χ4n) is 2.01. The Hall–Kier alpha value is -3.07. The van der Waals surface area contributed by atoms with Crippen molar-refractivity contribution < 1.29 is 9.53 Å². The van der Waals surface area contributed by atoms with Gasteiger partial charge >= 0.3 is 5.97 Å². The van der Waals surface area contributed by atoms with Gasteiger partial charge in [-0.05, 0) is 12.1 Å². The maximum Gasteiger partial charge on any atom is 0.344 e.